The van der Waals surface area contributed by atoms with Gasteiger partial charge in [-0.1, -0.05) is 35.0 Å². The van der Waals surface area contributed by atoms with Crippen LogP contribution in [0.15, 0.2) is 23.5 Å². The number of aromatic nitrogens is 3. The minimum Gasteiger partial charge on any atom is -0.760 e. The molecule has 9 nitrogen and oxygen atoms in total. The minimum absolute atomic E-state index is 0.165. The van der Waals surface area contributed by atoms with Gasteiger partial charge in [0.05, 0.1) is 30.0 Å². The Bertz CT molecular complexity index is 1110. The molecule has 1 unspecified atom stereocenters. The van der Waals surface area contributed by atoms with Gasteiger partial charge in [0.25, 0.3) is 0 Å². The van der Waals surface area contributed by atoms with Gasteiger partial charge in [0, 0.05) is 47.6 Å². The molecular formula is C18H18Cl2N5O4S2-. The molecular weight excluding hydrogens is 485 g/mol. The summed E-state index contributed by atoms with van der Waals surface area (Å²) in [7, 11) is 2.98. The zero-order valence-electron chi connectivity index (χ0n) is 16.7. The van der Waals surface area contributed by atoms with Crippen LogP contribution in [-0.2, 0) is 11.3 Å². The average Bonchev–Trinajstić information content (AvgIpc) is 2.76. The average molecular weight is 503 g/mol. The van der Waals surface area contributed by atoms with Crippen molar-refractivity contribution >= 4 is 63.0 Å². The van der Waals surface area contributed by atoms with Crippen molar-refractivity contribution in [2.75, 3.05) is 38.9 Å². The second kappa shape index (κ2) is 10.6. The summed E-state index contributed by atoms with van der Waals surface area (Å²) in [4.78, 5) is 13.5. The van der Waals surface area contributed by atoms with Gasteiger partial charge in [0.15, 0.2) is 11.0 Å². The molecule has 3 aromatic rings. The number of anilines is 1. The molecule has 0 spiro atoms. The molecule has 3 rings (SSSR count). The molecule has 1 aromatic carbocycles. The number of thioether (sulfide) groups is 1. The summed E-state index contributed by atoms with van der Waals surface area (Å²) in [6, 6.07) is 3.36. The monoisotopic (exact) mass is 502 g/mol. The number of fused-ring (bicyclic) bond motifs is 1. The van der Waals surface area contributed by atoms with Gasteiger partial charge >= 0.3 is 0 Å². The van der Waals surface area contributed by atoms with Crippen LogP contribution in [0.3, 0.4) is 0 Å². The van der Waals surface area contributed by atoms with Crippen molar-refractivity contribution in [3.63, 3.8) is 0 Å². The fourth-order valence-corrected chi connectivity index (χ4v) is 4.10. The maximum Gasteiger partial charge on any atom is 0.187 e. The Morgan fingerprint density at radius 2 is 1.81 bits per heavy atom. The summed E-state index contributed by atoms with van der Waals surface area (Å²) in [5, 5.41) is 4.92. The van der Waals surface area contributed by atoms with Crippen LogP contribution in [0, 0.1) is 0 Å². The number of rotatable bonds is 9. The fraction of sp³-hybridized carbons (Fsp3) is 0.278. The lowest BCUT2D eigenvalue weighted by molar-refractivity contribution is 0.395. The zero-order valence-corrected chi connectivity index (χ0v) is 19.8. The van der Waals surface area contributed by atoms with Gasteiger partial charge in [-0.05, 0) is 12.3 Å². The van der Waals surface area contributed by atoms with Gasteiger partial charge in [-0.15, -0.1) is 0 Å². The number of nitrogens with zero attached hydrogens (tertiary/aromatic N) is 3. The van der Waals surface area contributed by atoms with Crippen molar-refractivity contribution in [2.24, 2.45) is 0 Å². The molecule has 1 atom stereocenters. The Hall–Kier alpha value is -1.89. The maximum absolute atomic E-state index is 10.7. The third-order valence-corrected chi connectivity index (χ3v) is 5.95. The summed E-state index contributed by atoms with van der Waals surface area (Å²) >= 11 is 12.1. The first-order chi connectivity index (χ1) is 14.9. The number of halogens is 2. The number of pyridine rings is 1. The van der Waals surface area contributed by atoms with Gasteiger partial charge < -0.3 is 19.3 Å². The second-order valence-electron chi connectivity index (χ2n) is 5.99. The van der Waals surface area contributed by atoms with Gasteiger partial charge in [-0.25, -0.2) is 19.7 Å². The van der Waals surface area contributed by atoms with Crippen molar-refractivity contribution in [1.82, 2.24) is 19.7 Å². The zero-order chi connectivity index (χ0) is 22.5. The molecule has 0 aliphatic rings. The van der Waals surface area contributed by atoms with E-state index in [1.165, 1.54) is 26.0 Å². The predicted octanol–water partition coefficient (Wildman–Crippen LogP) is 3.53. The van der Waals surface area contributed by atoms with Crippen LogP contribution in [0.2, 0.25) is 10.0 Å². The normalized spacial score (nSPS) is 12.1. The van der Waals surface area contributed by atoms with E-state index in [0.717, 1.165) is 0 Å². The molecule has 0 amide bonds. The molecule has 2 heterocycles. The van der Waals surface area contributed by atoms with Gasteiger partial charge in [-0.3, -0.25) is 4.21 Å². The summed E-state index contributed by atoms with van der Waals surface area (Å²) in [6.45, 7) is 0.444. The molecule has 0 saturated heterocycles. The largest absolute Gasteiger partial charge is 0.760 e. The smallest absolute Gasteiger partial charge is 0.187 e. The van der Waals surface area contributed by atoms with E-state index in [9.17, 15) is 8.76 Å². The van der Waals surface area contributed by atoms with E-state index in [1.54, 1.807) is 18.3 Å². The molecule has 0 aliphatic carbocycles. The van der Waals surface area contributed by atoms with E-state index in [-0.39, 0.29) is 23.1 Å². The first-order valence-electron chi connectivity index (χ1n) is 8.78. The Kier molecular flexibility index (Phi) is 8.14. The Balaban J connectivity index is 2.17. The van der Waals surface area contributed by atoms with E-state index in [0.29, 0.717) is 44.6 Å². The molecule has 0 aliphatic heterocycles. The van der Waals surface area contributed by atoms with Crippen LogP contribution in [0.4, 0.5) is 5.82 Å². The molecule has 2 aromatic heterocycles. The molecule has 166 valence electrons. The highest BCUT2D eigenvalue weighted by Crippen LogP contribution is 2.46. The number of hydrogen-bond acceptors (Lipinski definition) is 9. The van der Waals surface area contributed by atoms with Crippen LogP contribution >= 0.6 is 35.0 Å². The third-order valence-electron chi connectivity index (χ3n) is 4.19. The van der Waals surface area contributed by atoms with Crippen LogP contribution in [0.25, 0.3) is 22.2 Å². The van der Waals surface area contributed by atoms with Crippen molar-refractivity contribution in [1.29, 1.82) is 0 Å². The molecule has 2 N–H and O–H groups in total. The van der Waals surface area contributed by atoms with Gasteiger partial charge in [0.2, 0.25) is 0 Å². The van der Waals surface area contributed by atoms with Gasteiger partial charge in [0.1, 0.15) is 17.0 Å². The SMILES string of the molecule is COc1cc(OC)c(Cl)c(-c2cc3cnc(SC)nc3c(NCCNS(=O)[O-])n2)c1Cl. The van der Waals surface area contributed by atoms with Crippen molar-refractivity contribution in [3.8, 4) is 22.8 Å². The molecule has 31 heavy (non-hydrogen) atoms. The number of hydrogen-bond donors (Lipinski definition) is 2. The number of ether oxygens (including phenoxy) is 2. The Morgan fingerprint density at radius 3 is 2.39 bits per heavy atom. The molecule has 13 heteroatoms. The van der Waals surface area contributed by atoms with Crippen LogP contribution in [0.5, 0.6) is 11.5 Å². The maximum atomic E-state index is 10.7. The summed E-state index contributed by atoms with van der Waals surface area (Å²) in [5.41, 5.74) is 1.45. The molecule has 0 bridgehead atoms. The van der Waals surface area contributed by atoms with Crippen LogP contribution in [0.1, 0.15) is 0 Å². The lowest BCUT2D eigenvalue weighted by Crippen LogP contribution is -2.24. The molecule has 0 fully saturated rings. The number of methoxy groups -OCH3 is 2. The minimum atomic E-state index is -2.36. The topological polar surface area (TPSA) is 121 Å². The summed E-state index contributed by atoms with van der Waals surface area (Å²) in [5.74, 6) is 1.19. The lowest BCUT2D eigenvalue weighted by atomic mass is 10.1. The molecule has 0 saturated carbocycles. The van der Waals surface area contributed by atoms with Crippen molar-refractivity contribution in [2.45, 2.75) is 5.16 Å². The first kappa shape index (κ1) is 23.8. The first-order valence-corrected chi connectivity index (χ1v) is 11.8. The van der Waals surface area contributed by atoms with E-state index >= 15 is 0 Å². The second-order valence-corrected chi connectivity index (χ2v) is 8.28. The summed E-state index contributed by atoms with van der Waals surface area (Å²) < 4.78 is 34.4. The predicted molar refractivity (Wildman–Crippen MR) is 123 cm³/mol. The van der Waals surface area contributed by atoms with E-state index < -0.39 is 11.3 Å². The summed E-state index contributed by atoms with van der Waals surface area (Å²) in [6.07, 6.45) is 3.54. The highest BCUT2D eigenvalue weighted by atomic mass is 35.5. The number of benzene rings is 1. The quantitative estimate of drug-likeness (QED) is 0.195. The van der Waals surface area contributed by atoms with E-state index in [4.69, 9.17) is 32.7 Å². The van der Waals surface area contributed by atoms with Gasteiger partial charge in [-0.2, -0.15) is 0 Å². The highest BCUT2D eigenvalue weighted by molar-refractivity contribution is 7.98. The molecule has 0 radical (unpaired) electrons. The third kappa shape index (κ3) is 5.30. The lowest BCUT2D eigenvalue weighted by Gasteiger charge is -2.16. The Morgan fingerprint density at radius 1 is 1.13 bits per heavy atom. The van der Waals surface area contributed by atoms with Crippen LogP contribution in [-0.4, -0.2) is 57.3 Å². The van der Waals surface area contributed by atoms with Crippen LogP contribution < -0.4 is 19.5 Å². The Labute approximate surface area is 195 Å². The van der Waals surface area contributed by atoms with Crippen molar-refractivity contribution in [3.05, 3.63) is 28.4 Å². The van der Waals surface area contributed by atoms with Crippen molar-refractivity contribution < 1.29 is 18.2 Å². The van der Waals surface area contributed by atoms with E-state index in [1.807, 2.05) is 6.26 Å². The fourth-order valence-electron chi connectivity index (χ4n) is 2.80. The number of nitrogens with one attached hydrogen (secondary N) is 2. The van der Waals surface area contributed by atoms with E-state index in [2.05, 4.69) is 25.0 Å². The standard InChI is InChI=1S/C18H19Cl2N5O4S2/c1-28-11-7-12(29-2)15(20)13(14(11)19)10-6-9-8-22-18(30-3)25-16(9)17(24-10)21-4-5-23-31(26)27/h6-8,23H,4-5H2,1-3H3,(H,21,24)(H,26,27)/p-1. The highest BCUT2D eigenvalue weighted by Gasteiger charge is 2.21.